The van der Waals surface area contributed by atoms with E-state index in [1.165, 1.54) is 22.2 Å². The molecule has 0 fully saturated rings. The number of hydrogen-bond acceptors (Lipinski definition) is 3. The largest absolute Gasteiger partial charge is 0.438 e. The maximum Gasteiger partial charge on any atom is 0.402 e. The molecular weight excluding hydrogens is 345 g/mol. The first-order valence-corrected chi connectivity index (χ1v) is 9.46. The minimum Gasteiger partial charge on any atom is -0.438 e. The average molecular weight is 366 g/mol. The van der Waals surface area contributed by atoms with E-state index in [1.807, 2.05) is 12.1 Å². The summed E-state index contributed by atoms with van der Waals surface area (Å²) < 4.78 is 8.33. The van der Waals surface area contributed by atoms with Gasteiger partial charge in [-0.1, -0.05) is 30.3 Å². The molecule has 1 aromatic carbocycles. The lowest BCUT2D eigenvalue weighted by Gasteiger charge is -2.24. The van der Waals surface area contributed by atoms with Crippen LogP contribution in [0.3, 0.4) is 0 Å². The topological polar surface area (TPSA) is 33.2 Å². The van der Waals surface area contributed by atoms with Crippen molar-refractivity contribution in [2.75, 3.05) is 7.05 Å². The van der Waals surface area contributed by atoms with Crippen LogP contribution < -0.4 is 20.8 Å². The maximum atomic E-state index is 6.14. The van der Waals surface area contributed by atoms with Crippen LogP contribution in [0, 0.1) is 0 Å². The Balaban J connectivity index is 1.72. The van der Waals surface area contributed by atoms with Gasteiger partial charge in [0.05, 0.1) is 0 Å². The van der Waals surface area contributed by atoms with E-state index in [4.69, 9.17) is 4.42 Å². The van der Waals surface area contributed by atoms with Crippen molar-refractivity contribution in [3.05, 3.63) is 77.6 Å². The van der Waals surface area contributed by atoms with Crippen molar-refractivity contribution in [3.63, 3.8) is 0 Å². The fraction of sp³-hybridized carbons (Fsp3) is 0.130. The summed E-state index contributed by atoms with van der Waals surface area (Å²) in [5.41, 5.74) is 6.47. The van der Waals surface area contributed by atoms with Gasteiger partial charge in [0.1, 0.15) is 12.5 Å². The summed E-state index contributed by atoms with van der Waals surface area (Å²) in [4.78, 5) is 6.66. The zero-order valence-corrected chi connectivity index (χ0v) is 16.3. The third-order valence-electron chi connectivity index (χ3n) is 5.59. The fourth-order valence-electron chi connectivity index (χ4n) is 4.18. The zero-order chi connectivity index (χ0) is 19.3. The van der Waals surface area contributed by atoms with Crippen LogP contribution in [0.15, 0.2) is 71.4 Å². The first-order valence-electron chi connectivity index (χ1n) is 9.46. The van der Waals surface area contributed by atoms with Gasteiger partial charge in [-0.25, -0.2) is 9.55 Å². The third-order valence-corrected chi connectivity index (χ3v) is 5.59. The Morgan fingerprint density at radius 2 is 1.86 bits per heavy atom. The SMILES string of the molecule is CC1=c2oc3ncccc3c2=CN(C)B1c1cc(-c2ccccc2)cc[n+]1C. The zero-order valence-electron chi connectivity index (χ0n) is 16.3. The summed E-state index contributed by atoms with van der Waals surface area (Å²) in [6.07, 6.45) is 6.08. The van der Waals surface area contributed by atoms with Gasteiger partial charge in [0, 0.05) is 28.9 Å². The monoisotopic (exact) mass is 366 g/mol. The molecule has 0 saturated heterocycles. The number of furan rings is 1. The molecule has 0 saturated carbocycles. The molecule has 4 aromatic rings. The molecule has 28 heavy (non-hydrogen) atoms. The lowest BCUT2D eigenvalue weighted by atomic mass is 9.50. The summed E-state index contributed by atoms with van der Waals surface area (Å²) in [5, 5.41) is 2.17. The fourth-order valence-corrected chi connectivity index (χ4v) is 4.18. The van der Waals surface area contributed by atoms with Gasteiger partial charge in [0.25, 0.3) is 0 Å². The van der Waals surface area contributed by atoms with Crippen LogP contribution in [-0.2, 0) is 7.05 Å². The van der Waals surface area contributed by atoms with E-state index < -0.39 is 0 Å². The van der Waals surface area contributed by atoms with Crippen molar-refractivity contribution < 1.29 is 8.98 Å². The standard InChI is InChI=1S/C23H21BN3O/c1-16-22-20(19-10-7-12-25-23(19)28-22)15-27(3)24(16)21-14-18(11-13-26(21)2)17-8-5-4-6-9-17/h4-15H,1-3H3/q+1. The molecule has 1 aliphatic heterocycles. The van der Waals surface area contributed by atoms with Gasteiger partial charge in [-0.3, -0.25) is 0 Å². The summed E-state index contributed by atoms with van der Waals surface area (Å²) in [5.74, 6) is 0. The summed E-state index contributed by atoms with van der Waals surface area (Å²) in [6, 6.07) is 19.0. The highest BCUT2D eigenvalue weighted by atomic mass is 16.3. The minimum atomic E-state index is 0.0988. The van der Waals surface area contributed by atoms with Crippen molar-refractivity contribution in [1.29, 1.82) is 0 Å². The number of aromatic nitrogens is 2. The highest BCUT2D eigenvalue weighted by molar-refractivity contribution is 6.85. The molecule has 136 valence electrons. The van der Waals surface area contributed by atoms with Gasteiger partial charge in [-0.2, -0.15) is 0 Å². The Labute approximate surface area is 164 Å². The van der Waals surface area contributed by atoms with E-state index in [9.17, 15) is 0 Å². The van der Waals surface area contributed by atoms with Crippen molar-refractivity contribution in [1.82, 2.24) is 9.79 Å². The lowest BCUT2D eigenvalue weighted by molar-refractivity contribution is -0.654. The molecule has 0 unspecified atom stereocenters. The van der Waals surface area contributed by atoms with E-state index in [2.05, 4.69) is 90.2 Å². The van der Waals surface area contributed by atoms with Crippen LogP contribution in [0.25, 0.3) is 33.9 Å². The van der Waals surface area contributed by atoms with E-state index in [1.54, 1.807) is 6.20 Å². The third kappa shape index (κ3) is 2.54. The van der Waals surface area contributed by atoms with E-state index in [-0.39, 0.29) is 6.85 Å². The Bertz CT molecular complexity index is 1310. The van der Waals surface area contributed by atoms with Crippen LogP contribution >= 0.6 is 0 Å². The maximum absolute atomic E-state index is 6.14. The predicted molar refractivity (Wildman–Crippen MR) is 113 cm³/mol. The molecule has 4 nitrogen and oxygen atoms in total. The highest BCUT2D eigenvalue weighted by Crippen LogP contribution is 2.18. The number of aryl methyl sites for hydroxylation is 1. The lowest BCUT2D eigenvalue weighted by Crippen LogP contribution is -2.62. The number of hydrogen-bond donors (Lipinski definition) is 0. The first-order chi connectivity index (χ1) is 13.6. The number of pyridine rings is 2. The van der Waals surface area contributed by atoms with Crippen LogP contribution in [0.4, 0.5) is 0 Å². The number of rotatable bonds is 2. The Morgan fingerprint density at radius 3 is 2.68 bits per heavy atom. The molecule has 0 spiro atoms. The Hall–Kier alpha value is -3.34. The number of fused-ring (bicyclic) bond motifs is 3. The van der Waals surface area contributed by atoms with Crippen molar-refractivity contribution in [2.45, 2.75) is 6.92 Å². The van der Waals surface area contributed by atoms with Gasteiger partial charge >= 0.3 is 6.85 Å². The van der Waals surface area contributed by atoms with Gasteiger partial charge in [-0.15, -0.1) is 0 Å². The molecular formula is C23H21BN3O+. The average Bonchev–Trinajstić information content (AvgIpc) is 3.09. The summed E-state index contributed by atoms with van der Waals surface area (Å²) in [6.45, 7) is 2.26. The Kier molecular flexibility index (Phi) is 3.83. The van der Waals surface area contributed by atoms with E-state index in [0.717, 1.165) is 16.0 Å². The van der Waals surface area contributed by atoms with Crippen molar-refractivity contribution >= 4 is 35.2 Å². The molecule has 5 heteroatoms. The molecule has 1 aliphatic rings. The van der Waals surface area contributed by atoms with E-state index in [0.29, 0.717) is 5.71 Å². The molecule has 0 amide bonds. The van der Waals surface area contributed by atoms with E-state index >= 15 is 0 Å². The van der Waals surface area contributed by atoms with Crippen LogP contribution in [0.5, 0.6) is 0 Å². The molecule has 0 bridgehead atoms. The number of benzene rings is 1. The summed E-state index contributed by atoms with van der Waals surface area (Å²) in [7, 11) is 4.22. The molecule has 4 heterocycles. The molecule has 0 atom stereocenters. The van der Waals surface area contributed by atoms with Gasteiger partial charge in [-0.05, 0) is 48.9 Å². The normalized spacial score (nSPS) is 13.6. The second-order valence-corrected chi connectivity index (χ2v) is 7.40. The van der Waals surface area contributed by atoms with Crippen LogP contribution in [-0.4, -0.2) is 23.7 Å². The predicted octanol–water partition coefficient (Wildman–Crippen LogP) is 1.61. The number of nitrogens with zero attached hydrogens (tertiary/aromatic N) is 3. The molecule has 0 radical (unpaired) electrons. The Morgan fingerprint density at radius 1 is 1.04 bits per heavy atom. The van der Waals surface area contributed by atoms with Crippen molar-refractivity contribution in [2.24, 2.45) is 7.05 Å². The second-order valence-electron chi connectivity index (χ2n) is 7.40. The second kappa shape index (κ2) is 6.38. The van der Waals surface area contributed by atoms with Crippen LogP contribution in [0.1, 0.15) is 6.92 Å². The minimum absolute atomic E-state index is 0.0988. The summed E-state index contributed by atoms with van der Waals surface area (Å²) >= 11 is 0. The quantitative estimate of drug-likeness (QED) is 0.399. The highest BCUT2D eigenvalue weighted by Gasteiger charge is 2.35. The van der Waals surface area contributed by atoms with Gasteiger partial charge in [0.15, 0.2) is 11.8 Å². The van der Waals surface area contributed by atoms with Crippen LogP contribution in [0.2, 0.25) is 0 Å². The van der Waals surface area contributed by atoms with Crippen molar-refractivity contribution in [3.8, 4) is 11.1 Å². The molecule has 0 aliphatic carbocycles. The molecule has 3 aromatic heterocycles. The van der Waals surface area contributed by atoms with Gasteiger partial charge < -0.3 is 9.23 Å². The van der Waals surface area contributed by atoms with Gasteiger partial charge in [0.2, 0.25) is 5.71 Å². The smallest absolute Gasteiger partial charge is 0.402 e. The molecule has 0 N–H and O–H groups in total. The molecule has 5 rings (SSSR count). The first kappa shape index (κ1) is 16.8.